The zero-order valence-electron chi connectivity index (χ0n) is 12.6. The molecule has 5 heteroatoms. The van der Waals surface area contributed by atoms with E-state index in [9.17, 15) is 9.59 Å². The second kappa shape index (κ2) is 9.27. The Labute approximate surface area is 126 Å². The van der Waals surface area contributed by atoms with Gasteiger partial charge in [0.1, 0.15) is 0 Å². The van der Waals surface area contributed by atoms with E-state index in [0.717, 1.165) is 30.8 Å². The van der Waals surface area contributed by atoms with E-state index in [4.69, 9.17) is 5.11 Å². The van der Waals surface area contributed by atoms with E-state index in [1.807, 2.05) is 4.90 Å². The van der Waals surface area contributed by atoms with Crippen LogP contribution in [0.1, 0.15) is 52.4 Å². The monoisotopic (exact) mass is 301 g/mol. The number of hydrogen-bond donors (Lipinski definition) is 1. The maximum atomic E-state index is 12.4. The molecule has 1 N–H and O–H groups in total. The number of carboxylic acid groups (broad SMARTS) is 1. The molecule has 2 atom stereocenters. The molecule has 1 rings (SSSR count). The molecule has 1 saturated heterocycles. The van der Waals surface area contributed by atoms with Crippen LogP contribution in [0.25, 0.3) is 0 Å². The molecule has 0 spiro atoms. The SMILES string of the molecule is CCCCC(CC)CC(=O)N1CCSCC1CC(=O)O. The molecule has 20 heavy (non-hydrogen) atoms. The first-order chi connectivity index (χ1) is 9.58. The van der Waals surface area contributed by atoms with Crippen LogP contribution in [-0.2, 0) is 9.59 Å². The van der Waals surface area contributed by atoms with E-state index in [2.05, 4.69) is 13.8 Å². The van der Waals surface area contributed by atoms with Crippen molar-refractivity contribution >= 4 is 23.6 Å². The highest BCUT2D eigenvalue weighted by molar-refractivity contribution is 7.99. The highest BCUT2D eigenvalue weighted by Crippen LogP contribution is 2.23. The van der Waals surface area contributed by atoms with E-state index >= 15 is 0 Å². The van der Waals surface area contributed by atoms with E-state index in [-0.39, 0.29) is 18.4 Å². The minimum atomic E-state index is -0.812. The van der Waals surface area contributed by atoms with Gasteiger partial charge in [-0.2, -0.15) is 11.8 Å². The molecule has 0 bridgehead atoms. The average molecular weight is 301 g/mol. The largest absolute Gasteiger partial charge is 0.481 e. The maximum absolute atomic E-state index is 12.4. The van der Waals surface area contributed by atoms with Crippen molar-refractivity contribution in [3.8, 4) is 0 Å². The van der Waals surface area contributed by atoms with Gasteiger partial charge in [0.15, 0.2) is 0 Å². The fourth-order valence-corrected chi connectivity index (χ4v) is 3.72. The number of carbonyl (C=O) groups excluding carboxylic acids is 1. The quantitative estimate of drug-likeness (QED) is 0.748. The molecular weight excluding hydrogens is 274 g/mol. The Morgan fingerprint density at radius 2 is 2.15 bits per heavy atom. The van der Waals surface area contributed by atoms with Crippen LogP contribution in [0.5, 0.6) is 0 Å². The second-order valence-corrected chi connectivity index (χ2v) is 6.68. The van der Waals surface area contributed by atoms with Gasteiger partial charge in [0.05, 0.1) is 12.5 Å². The summed E-state index contributed by atoms with van der Waals surface area (Å²) in [6.45, 7) is 5.00. The summed E-state index contributed by atoms with van der Waals surface area (Å²) >= 11 is 1.75. The first-order valence-electron chi connectivity index (χ1n) is 7.67. The van der Waals surface area contributed by atoms with E-state index in [1.165, 1.54) is 6.42 Å². The van der Waals surface area contributed by atoms with Crippen molar-refractivity contribution in [2.24, 2.45) is 5.92 Å². The van der Waals surface area contributed by atoms with Gasteiger partial charge in [-0.05, 0) is 12.3 Å². The standard InChI is InChI=1S/C15H27NO3S/c1-3-5-6-12(4-2)9-14(17)16-7-8-20-11-13(16)10-15(18)19/h12-13H,3-11H2,1-2H3,(H,18,19). The molecule has 2 unspecified atom stereocenters. The highest BCUT2D eigenvalue weighted by atomic mass is 32.2. The van der Waals surface area contributed by atoms with Crippen molar-refractivity contribution in [1.82, 2.24) is 4.90 Å². The van der Waals surface area contributed by atoms with E-state index in [1.54, 1.807) is 11.8 Å². The Morgan fingerprint density at radius 1 is 1.40 bits per heavy atom. The van der Waals surface area contributed by atoms with Crippen LogP contribution in [0, 0.1) is 5.92 Å². The molecule has 1 heterocycles. The third kappa shape index (κ3) is 5.73. The Kier molecular flexibility index (Phi) is 8.04. The summed E-state index contributed by atoms with van der Waals surface area (Å²) < 4.78 is 0. The summed E-state index contributed by atoms with van der Waals surface area (Å²) in [6.07, 6.45) is 5.11. The normalized spacial score (nSPS) is 20.7. The lowest BCUT2D eigenvalue weighted by Crippen LogP contribution is -2.47. The summed E-state index contributed by atoms with van der Waals surface area (Å²) in [4.78, 5) is 25.2. The number of rotatable bonds is 8. The Morgan fingerprint density at radius 3 is 2.75 bits per heavy atom. The number of aliphatic carboxylic acids is 1. The van der Waals surface area contributed by atoms with Crippen molar-refractivity contribution in [3.05, 3.63) is 0 Å². The molecule has 0 aliphatic carbocycles. The maximum Gasteiger partial charge on any atom is 0.305 e. The van der Waals surface area contributed by atoms with Crippen molar-refractivity contribution in [3.63, 3.8) is 0 Å². The molecule has 1 aliphatic heterocycles. The van der Waals surface area contributed by atoms with Crippen LogP contribution in [0.15, 0.2) is 0 Å². The first-order valence-corrected chi connectivity index (χ1v) is 8.82. The van der Waals surface area contributed by atoms with Crippen LogP contribution in [0.3, 0.4) is 0 Å². The number of carbonyl (C=O) groups is 2. The van der Waals surface area contributed by atoms with Gasteiger partial charge in [-0.1, -0.05) is 33.1 Å². The van der Waals surface area contributed by atoms with Gasteiger partial charge in [0, 0.05) is 24.5 Å². The fourth-order valence-electron chi connectivity index (χ4n) is 2.66. The molecule has 1 amide bonds. The van der Waals surface area contributed by atoms with Crippen molar-refractivity contribution in [2.45, 2.75) is 58.4 Å². The number of amides is 1. The second-order valence-electron chi connectivity index (χ2n) is 5.53. The highest BCUT2D eigenvalue weighted by Gasteiger charge is 2.29. The van der Waals surface area contributed by atoms with Crippen molar-refractivity contribution < 1.29 is 14.7 Å². The molecule has 1 fully saturated rings. The number of hydrogen-bond acceptors (Lipinski definition) is 3. The number of unbranched alkanes of at least 4 members (excludes halogenated alkanes) is 1. The summed E-state index contributed by atoms with van der Waals surface area (Å²) in [5.74, 6) is 1.47. The third-order valence-electron chi connectivity index (χ3n) is 3.96. The van der Waals surface area contributed by atoms with Crippen LogP contribution in [0.2, 0.25) is 0 Å². The molecule has 0 aromatic rings. The van der Waals surface area contributed by atoms with Gasteiger partial charge >= 0.3 is 5.97 Å². The number of nitrogens with zero attached hydrogens (tertiary/aromatic N) is 1. The Balaban J connectivity index is 2.55. The predicted octanol–water partition coefficient (Wildman–Crippen LogP) is 3.01. The van der Waals surface area contributed by atoms with Gasteiger partial charge in [0.25, 0.3) is 0 Å². The van der Waals surface area contributed by atoms with Crippen molar-refractivity contribution in [2.75, 3.05) is 18.1 Å². The molecule has 4 nitrogen and oxygen atoms in total. The number of thioether (sulfide) groups is 1. The zero-order chi connectivity index (χ0) is 15.0. The average Bonchev–Trinajstić information content (AvgIpc) is 2.43. The minimum Gasteiger partial charge on any atom is -0.481 e. The zero-order valence-corrected chi connectivity index (χ0v) is 13.5. The Hall–Kier alpha value is -0.710. The van der Waals surface area contributed by atoms with Gasteiger partial charge < -0.3 is 10.0 Å². The summed E-state index contributed by atoms with van der Waals surface area (Å²) in [6, 6.07) is -0.123. The van der Waals surface area contributed by atoms with Gasteiger partial charge in [0.2, 0.25) is 5.91 Å². The summed E-state index contributed by atoms with van der Waals surface area (Å²) in [5, 5.41) is 8.96. The topological polar surface area (TPSA) is 57.6 Å². The van der Waals surface area contributed by atoms with Crippen LogP contribution < -0.4 is 0 Å². The number of carboxylic acids is 1. The van der Waals surface area contributed by atoms with Crippen molar-refractivity contribution in [1.29, 1.82) is 0 Å². The van der Waals surface area contributed by atoms with E-state index in [0.29, 0.717) is 18.9 Å². The molecule has 116 valence electrons. The molecular formula is C15H27NO3S. The molecule has 0 aromatic heterocycles. The first kappa shape index (κ1) is 17.3. The van der Waals surface area contributed by atoms with Crippen LogP contribution in [-0.4, -0.2) is 46.0 Å². The summed E-state index contributed by atoms with van der Waals surface area (Å²) in [7, 11) is 0. The third-order valence-corrected chi connectivity index (χ3v) is 5.06. The molecule has 0 aromatic carbocycles. The van der Waals surface area contributed by atoms with Gasteiger partial charge in [-0.15, -0.1) is 0 Å². The van der Waals surface area contributed by atoms with E-state index < -0.39 is 5.97 Å². The van der Waals surface area contributed by atoms with Crippen LogP contribution in [0.4, 0.5) is 0 Å². The lowest BCUT2D eigenvalue weighted by atomic mass is 9.95. The van der Waals surface area contributed by atoms with Gasteiger partial charge in [-0.25, -0.2) is 0 Å². The Bertz CT molecular complexity index is 322. The molecule has 0 radical (unpaired) electrons. The lowest BCUT2D eigenvalue weighted by Gasteiger charge is -2.35. The predicted molar refractivity (Wildman–Crippen MR) is 83.0 cm³/mol. The minimum absolute atomic E-state index is 0.0739. The summed E-state index contributed by atoms with van der Waals surface area (Å²) in [5.41, 5.74) is 0. The molecule has 1 aliphatic rings. The molecule has 0 saturated carbocycles. The van der Waals surface area contributed by atoms with Crippen LogP contribution >= 0.6 is 11.8 Å². The lowest BCUT2D eigenvalue weighted by molar-refractivity contribution is -0.140. The fraction of sp³-hybridized carbons (Fsp3) is 0.867. The smallest absolute Gasteiger partial charge is 0.305 e. The van der Waals surface area contributed by atoms with Gasteiger partial charge in [-0.3, -0.25) is 9.59 Å².